The fraction of sp³-hybridized carbons (Fsp3) is 0.421. The predicted octanol–water partition coefficient (Wildman–Crippen LogP) is 4.68. The molecule has 4 rings (SSSR count). The van der Waals surface area contributed by atoms with Crippen molar-refractivity contribution in [3.63, 3.8) is 0 Å². The van der Waals surface area contributed by atoms with E-state index in [1.165, 1.54) is 20.2 Å². The molecule has 2 heterocycles. The lowest BCUT2D eigenvalue weighted by atomic mass is 9.88. The van der Waals surface area contributed by atoms with Crippen LogP contribution < -0.4 is 0 Å². The van der Waals surface area contributed by atoms with E-state index in [1.54, 1.807) is 30.2 Å². The summed E-state index contributed by atoms with van der Waals surface area (Å²) < 4.78 is 12.6. The number of carbonyl (C=O) groups is 1. The van der Waals surface area contributed by atoms with Gasteiger partial charge in [0.1, 0.15) is 0 Å². The van der Waals surface area contributed by atoms with Crippen molar-refractivity contribution in [1.82, 2.24) is 0 Å². The normalized spacial score (nSPS) is 19.5. The zero-order chi connectivity index (χ0) is 16.6. The van der Waals surface area contributed by atoms with Crippen LogP contribution in [0.25, 0.3) is 0 Å². The lowest BCUT2D eigenvalue weighted by molar-refractivity contribution is -0.0946. The number of carbonyl (C=O) groups excluding carboxylic acids is 1. The van der Waals surface area contributed by atoms with Gasteiger partial charge in [-0.1, -0.05) is 17.8 Å². The van der Waals surface area contributed by atoms with E-state index in [0.29, 0.717) is 6.42 Å². The van der Waals surface area contributed by atoms with Crippen molar-refractivity contribution in [2.24, 2.45) is 0 Å². The summed E-state index contributed by atoms with van der Waals surface area (Å²) in [6, 6.07) is 8.47. The van der Waals surface area contributed by atoms with E-state index in [1.807, 2.05) is 6.07 Å². The number of rotatable bonds is 4. The van der Waals surface area contributed by atoms with Gasteiger partial charge in [0.2, 0.25) is 0 Å². The Kier molecular flexibility index (Phi) is 4.52. The number of ether oxygens (including phenoxy) is 2. The molecule has 24 heavy (non-hydrogen) atoms. The van der Waals surface area contributed by atoms with Gasteiger partial charge in [-0.2, -0.15) is 0 Å². The topological polar surface area (TPSA) is 35.5 Å². The largest absolute Gasteiger partial charge is 0.381 e. The minimum absolute atomic E-state index is 0.197. The maximum Gasteiger partial charge on any atom is 0.163 e. The van der Waals surface area contributed by atoms with Gasteiger partial charge in [0.15, 0.2) is 5.78 Å². The lowest BCUT2D eigenvalue weighted by Crippen LogP contribution is -2.35. The molecule has 0 N–H and O–H groups in total. The Morgan fingerprint density at radius 1 is 1.21 bits per heavy atom. The van der Waals surface area contributed by atoms with Crippen LogP contribution in [0.1, 0.15) is 40.7 Å². The van der Waals surface area contributed by atoms with E-state index >= 15 is 0 Å². The molecule has 1 aliphatic carbocycles. The van der Waals surface area contributed by atoms with Crippen LogP contribution in [0, 0.1) is 0 Å². The predicted molar refractivity (Wildman–Crippen MR) is 96.3 cm³/mol. The summed E-state index contributed by atoms with van der Waals surface area (Å²) in [7, 11) is 1.80. The van der Waals surface area contributed by atoms with Gasteiger partial charge < -0.3 is 9.47 Å². The molecule has 0 saturated carbocycles. The highest BCUT2D eigenvalue weighted by atomic mass is 32.2. The zero-order valence-corrected chi connectivity index (χ0v) is 15.3. The third-order valence-electron chi connectivity index (χ3n) is 5.01. The maximum absolute atomic E-state index is 11.8. The first-order valence-electron chi connectivity index (χ1n) is 8.26. The van der Waals surface area contributed by atoms with Crippen LogP contribution in [0.15, 0.2) is 38.8 Å². The van der Waals surface area contributed by atoms with Crippen LogP contribution in [0.4, 0.5) is 0 Å². The van der Waals surface area contributed by atoms with Crippen molar-refractivity contribution < 1.29 is 14.3 Å². The maximum atomic E-state index is 11.8. The van der Waals surface area contributed by atoms with Crippen molar-refractivity contribution in [3.05, 3.63) is 46.3 Å². The van der Waals surface area contributed by atoms with Gasteiger partial charge in [-0.25, -0.2) is 0 Å². The summed E-state index contributed by atoms with van der Waals surface area (Å²) in [6.45, 7) is 1.51. The molecule has 2 aliphatic rings. The highest BCUT2D eigenvalue weighted by Crippen LogP contribution is 2.42. The van der Waals surface area contributed by atoms with Crippen molar-refractivity contribution >= 4 is 28.9 Å². The molecule has 1 aromatic carbocycles. The first-order chi connectivity index (χ1) is 11.7. The molecule has 0 radical (unpaired) electrons. The number of hydrogen-bond donors (Lipinski definition) is 0. The third-order valence-corrected chi connectivity index (χ3v) is 7.08. The molecule has 1 aromatic heterocycles. The average molecular weight is 361 g/mol. The average Bonchev–Trinajstić information content (AvgIpc) is 3.23. The van der Waals surface area contributed by atoms with E-state index in [4.69, 9.17) is 9.47 Å². The smallest absolute Gasteiger partial charge is 0.163 e. The van der Waals surface area contributed by atoms with Crippen LogP contribution >= 0.6 is 23.1 Å². The summed E-state index contributed by atoms with van der Waals surface area (Å²) >= 11 is 3.53. The van der Waals surface area contributed by atoms with Gasteiger partial charge in [-0.05, 0) is 41.1 Å². The number of thiophene rings is 1. The number of hydrogen-bond acceptors (Lipinski definition) is 5. The first-order valence-corrected chi connectivity index (χ1v) is 9.96. The summed E-state index contributed by atoms with van der Waals surface area (Å²) in [5.41, 5.74) is 3.17. The fourth-order valence-electron chi connectivity index (χ4n) is 3.53. The Morgan fingerprint density at radius 2 is 2.04 bits per heavy atom. The second kappa shape index (κ2) is 6.64. The molecular weight excluding hydrogens is 340 g/mol. The monoisotopic (exact) mass is 360 g/mol. The minimum Gasteiger partial charge on any atom is -0.381 e. The molecular formula is C19H20O3S2. The summed E-state index contributed by atoms with van der Waals surface area (Å²) in [6.07, 6.45) is 3.35. The Balaban J connectivity index is 1.54. The molecule has 0 spiro atoms. The first kappa shape index (κ1) is 16.3. The van der Waals surface area contributed by atoms with E-state index in [-0.39, 0.29) is 11.4 Å². The molecule has 2 aromatic rings. The molecule has 3 nitrogen and oxygen atoms in total. The van der Waals surface area contributed by atoms with Gasteiger partial charge in [0.05, 0.1) is 9.81 Å². The van der Waals surface area contributed by atoms with Gasteiger partial charge in [-0.15, -0.1) is 11.3 Å². The van der Waals surface area contributed by atoms with Crippen LogP contribution in [-0.2, 0) is 21.5 Å². The SMILES string of the molecule is COC1(c2csc(Sc3ccc4c(c3)CCC4=O)c2)CCOCC1. The van der Waals surface area contributed by atoms with Crippen molar-refractivity contribution in [2.75, 3.05) is 20.3 Å². The Bertz CT molecular complexity index is 760. The molecule has 1 saturated heterocycles. The van der Waals surface area contributed by atoms with Crippen molar-refractivity contribution in [2.45, 2.75) is 40.4 Å². The number of Topliss-reactive ketones (excluding diaryl/α,β-unsaturated/α-hetero) is 1. The van der Waals surface area contributed by atoms with Crippen LogP contribution in [-0.4, -0.2) is 26.1 Å². The molecule has 0 unspecified atom stereocenters. The molecule has 1 aliphatic heterocycles. The van der Waals surface area contributed by atoms with Gasteiger partial charge in [0.25, 0.3) is 0 Å². The Labute approximate surface area is 150 Å². The summed E-state index contributed by atoms with van der Waals surface area (Å²) in [4.78, 5) is 13.0. The third kappa shape index (κ3) is 2.94. The quantitative estimate of drug-likeness (QED) is 0.793. The highest BCUT2D eigenvalue weighted by molar-refractivity contribution is 8.01. The highest BCUT2D eigenvalue weighted by Gasteiger charge is 2.35. The lowest BCUT2D eigenvalue weighted by Gasteiger charge is -2.35. The number of fused-ring (bicyclic) bond motifs is 1. The standard InChI is InChI=1S/C19H20O3S2/c1-21-19(6-8-22-9-7-19)14-11-18(23-12-14)24-15-3-4-16-13(10-15)2-5-17(16)20/h3-4,10-12H,2,5-9H2,1H3. The van der Waals surface area contributed by atoms with Crippen LogP contribution in [0.5, 0.6) is 0 Å². The van der Waals surface area contributed by atoms with Crippen molar-refractivity contribution in [3.8, 4) is 0 Å². The number of ketones is 1. The number of benzene rings is 1. The Hall–Kier alpha value is -1.14. The molecule has 5 heteroatoms. The Morgan fingerprint density at radius 3 is 2.83 bits per heavy atom. The van der Waals surface area contributed by atoms with E-state index < -0.39 is 0 Å². The van der Waals surface area contributed by atoms with E-state index in [9.17, 15) is 4.79 Å². The van der Waals surface area contributed by atoms with E-state index in [0.717, 1.165) is 38.0 Å². The molecule has 0 bridgehead atoms. The molecule has 0 amide bonds. The summed E-state index contributed by atoms with van der Waals surface area (Å²) in [5, 5.41) is 2.22. The van der Waals surface area contributed by atoms with Gasteiger partial charge in [-0.3, -0.25) is 4.79 Å². The zero-order valence-electron chi connectivity index (χ0n) is 13.7. The second-order valence-electron chi connectivity index (χ2n) is 6.31. The van der Waals surface area contributed by atoms with E-state index in [2.05, 4.69) is 23.6 Å². The number of aryl methyl sites for hydroxylation is 1. The van der Waals surface area contributed by atoms with Crippen LogP contribution in [0.2, 0.25) is 0 Å². The fourth-order valence-corrected chi connectivity index (χ4v) is 5.63. The second-order valence-corrected chi connectivity index (χ2v) is 8.59. The number of methoxy groups -OCH3 is 1. The molecule has 0 atom stereocenters. The van der Waals surface area contributed by atoms with Gasteiger partial charge in [0, 0.05) is 50.0 Å². The van der Waals surface area contributed by atoms with Gasteiger partial charge >= 0.3 is 0 Å². The molecule has 126 valence electrons. The molecule has 1 fully saturated rings. The van der Waals surface area contributed by atoms with Crippen molar-refractivity contribution in [1.29, 1.82) is 0 Å². The van der Waals surface area contributed by atoms with Crippen LogP contribution in [0.3, 0.4) is 0 Å². The minimum atomic E-state index is -0.197. The summed E-state index contributed by atoms with van der Waals surface area (Å²) in [5.74, 6) is 0.279.